The van der Waals surface area contributed by atoms with Gasteiger partial charge in [-0.1, -0.05) is 12.1 Å². The van der Waals surface area contributed by atoms with E-state index in [1.54, 1.807) is 24.3 Å². The van der Waals surface area contributed by atoms with Crippen LogP contribution in [0.2, 0.25) is 0 Å². The molecule has 0 radical (unpaired) electrons. The number of benzene rings is 1. The molecule has 0 amide bonds. The molecule has 0 unspecified atom stereocenters. The maximum absolute atomic E-state index is 10.8. The molecular formula is C8H6O2S2. The van der Waals surface area contributed by atoms with Crippen molar-refractivity contribution in [1.29, 1.82) is 0 Å². The molecule has 0 aliphatic carbocycles. The Kier molecular flexibility index (Phi) is 2.94. The number of carbonyl (C=O) groups is 2. The first-order chi connectivity index (χ1) is 5.63. The normalized spacial score (nSPS) is 9.50. The molecule has 0 spiro atoms. The number of hydrogen-bond acceptors (Lipinski definition) is 2. The molecule has 62 valence electrons. The highest BCUT2D eigenvalue weighted by Gasteiger charge is 2.10. The van der Waals surface area contributed by atoms with E-state index in [1.165, 1.54) is 0 Å². The van der Waals surface area contributed by atoms with E-state index in [4.69, 9.17) is 0 Å². The van der Waals surface area contributed by atoms with Gasteiger partial charge in [0, 0.05) is 11.1 Å². The van der Waals surface area contributed by atoms with Gasteiger partial charge in [0.05, 0.1) is 0 Å². The Morgan fingerprint density at radius 2 is 1.25 bits per heavy atom. The Hall–Kier alpha value is -0.740. The molecule has 0 fully saturated rings. The largest absolute Gasteiger partial charge is 0.282 e. The van der Waals surface area contributed by atoms with Crippen molar-refractivity contribution in [2.24, 2.45) is 0 Å². The summed E-state index contributed by atoms with van der Waals surface area (Å²) in [5.41, 5.74) is 0.585. The van der Waals surface area contributed by atoms with Crippen LogP contribution < -0.4 is 0 Å². The first-order valence-electron chi connectivity index (χ1n) is 3.18. The highest BCUT2D eigenvalue weighted by molar-refractivity contribution is 7.98. The number of rotatable bonds is 2. The molecule has 0 bridgehead atoms. The molecule has 0 saturated heterocycles. The van der Waals surface area contributed by atoms with Crippen LogP contribution in [-0.4, -0.2) is 10.2 Å². The highest BCUT2D eigenvalue weighted by atomic mass is 32.1. The lowest BCUT2D eigenvalue weighted by molar-refractivity contribution is 0.106. The molecule has 0 heterocycles. The van der Waals surface area contributed by atoms with Gasteiger partial charge in [-0.3, -0.25) is 9.59 Å². The lowest BCUT2D eigenvalue weighted by Gasteiger charge is -1.99. The zero-order chi connectivity index (χ0) is 9.14. The van der Waals surface area contributed by atoms with Gasteiger partial charge in [-0.05, 0) is 12.1 Å². The molecule has 1 aromatic rings. The maximum Gasteiger partial charge on any atom is 0.217 e. The summed E-state index contributed by atoms with van der Waals surface area (Å²) in [6, 6.07) is 6.42. The van der Waals surface area contributed by atoms with Crippen molar-refractivity contribution in [2.45, 2.75) is 0 Å². The van der Waals surface area contributed by atoms with Crippen LogP contribution in [0.3, 0.4) is 0 Å². The van der Waals surface area contributed by atoms with Crippen molar-refractivity contribution in [1.82, 2.24) is 0 Å². The molecule has 4 heteroatoms. The summed E-state index contributed by atoms with van der Waals surface area (Å²) in [4.78, 5) is 21.7. The van der Waals surface area contributed by atoms with E-state index in [1.807, 2.05) is 0 Å². The predicted molar refractivity (Wildman–Crippen MR) is 53.1 cm³/mol. The minimum Gasteiger partial charge on any atom is -0.282 e. The quantitative estimate of drug-likeness (QED) is 0.711. The van der Waals surface area contributed by atoms with E-state index in [9.17, 15) is 9.59 Å². The predicted octanol–water partition coefficient (Wildman–Crippen LogP) is 1.83. The summed E-state index contributed by atoms with van der Waals surface area (Å²) in [7, 11) is 0. The van der Waals surface area contributed by atoms with Gasteiger partial charge in [0.25, 0.3) is 0 Å². The molecule has 0 aliphatic heterocycles. The van der Waals surface area contributed by atoms with Gasteiger partial charge in [0.1, 0.15) is 0 Å². The van der Waals surface area contributed by atoms with Crippen LogP contribution in [0, 0.1) is 0 Å². The third kappa shape index (κ3) is 1.89. The van der Waals surface area contributed by atoms with Crippen molar-refractivity contribution in [3.63, 3.8) is 0 Å². The Bertz CT molecular complexity index is 301. The van der Waals surface area contributed by atoms with Crippen molar-refractivity contribution in [3.8, 4) is 0 Å². The van der Waals surface area contributed by atoms with Gasteiger partial charge < -0.3 is 0 Å². The van der Waals surface area contributed by atoms with E-state index in [0.29, 0.717) is 11.1 Å². The molecule has 0 atom stereocenters. The molecule has 2 nitrogen and oxygen atoms in total. The Balaban J connectivity index is 3.27. The zero-order valence-corrected chi connectivity index (χ0v) is 7.81. The minimum atomic E-state index is -0.423. The van der Waals surface area contributed by atoms with Crippen LogP contribution >= 0.6 is 25.3 Å². The van der Waals surface area contributed by atoms with Gasteiger partial charge in [-0.2, -0.15) is 0 Å². The third-order valence-corrected chi connectivity index (χ3v) is 1.87. The molecule has 0 N–H and O–H groups in total. The van der Waals surface area contributed by atoms with Crippen molar-refractivity contribution in [3.05, 3.63) is 35.4 Å². The zero-order valence-electron chi connectivity index (χ0n) is 6.02. The van der Waals surface area contributed by atoms with Gasteiger partial charge in [0.15, 0.2) is 0 Å². The highest BCUT2D eigenvalue weighted by Crippen LogP contribution is 2.13. The van der Waals surface area contributed by atoms with E-state index in [-0.39, 0.29) is 0 Å². The average molecular weight is 198 g/mol. The molecule has 12 heavy (non-hydrogen) atoms. The van der Waals surface area contributed by atoms with Gasteiger partial charge in [0.2, 0.25) is 10.2 Å². The fourth-order valence-electron chi connectivity index (χ4n) is 0.856. The second kappa shape index (κ2) is 3.78. The first-order valence-corrected chi connectivity index (χ1v) is 4.08. The Morgan fingerprint density at radius 3 is 1.50 bits per heavy atom. The van der Waals surface area contributed by atoms with Crippen molar-refractivity contribution < 1.29 is 9.59 Å². The maximum atomic E-state index is 10.8. The van der Waals surface area contributed by atoms with Crippen LogP contribution in [0.4, 0.5) is 0 Å². The molecule has 1 rings (SSSR count). The van der Waals surface area contributed by atoms with E-state index >= 15 is 0 Å². The minimum absolute atomic E-state index is 0.292. The van der Waals surface area contributed by atoms with Gasteiger partial charge in [-0.15, -0.1) is 25.3 Å². The summed E-state index contributed by atoms with van der Waals surface area (Å²) < 4.78 is 0. The topological polar surface area (TPSA) is 34.1 Å². The smallest absolute Gasteiger partial charge is 0.217 e. The van der Waals surface area contributed by atoms with Crippen LogP contribution in [0.15, 0.2) is 24.3 Å². The molecular weight excluding hydrogens is 192 g/mol. The fourth-order valence-corrected chi connectivity index (χ4v) is 1.25. The molecule has 0 aliphatic rings. The monoisotopic (exact) mass is 198 g/mol. The van der Waals surface area contributed by atoms with Gasteiger partial charge in [-0.25, -0.2) is 0 Å². The van der Waals surface area contributed by atoms with Crippen molar-refractivity contribution in [2.75, 3.05) is 0 Å². The summed E-state index contributed by atoms with van der Waals surface area (Å²) in [5.74, 6) is 0. The molecule has 0 saturated carbocycles. The van der Waals surface area contributed by atoms with Crippen molar-refractivity contribution >= 4 is 35.5 Å². The molecule has 0 aromatic heterocycles. The first kappa shape index (κ1) is 9.35. The number of thiol groups is 2. The average Bonchev–Trinajstić information content (AvgIpc) is 2.04. The summed E-state index contributed by atoms with van der Waals surface area (Å²) >= 11 is 7.25. The summed E-state index contributed by atoms with van der Waals surface area (Å²) in [6.45, 7) is 0. The number of carbonyl (C=O) groups excluding carboxylic acids is 2. The second-order valence-corrected chi connectivity index (χ2v) is 2.97. The molecule has 1 aromatic carbocycles. The summed E-state index contributed by atoms with van der Waals surface area (Å²) in [5, 5.41) is -0.846. The van der Waals surface area contributed by atoms with Crippen LogP contribution in [0.5, 0.6) is 0 Å². The van der Waals surface area contributed by atoms with E-state index in [0.717, 1.165) is 0 Å². The Labute approximate surface area is 80.8 Å². The van der Waals surface area contributed by atoms with Crippen LogP contribution in [-0.2, 0) is 0 Å². The Morgan fingerprint density at radius 1 is 0.917 bits per heavy atom. The van der Waals surface area contributed by atoms with Crippen LogP contribution in [0.1, 0.15) is 20.7 Å². The summed E-state index contributed by atoms with van der Waals surface area (Å²) in [6.07, 6.45) is 0. The van der Waals surface area contributed by atoms with E-state index in [2.05, 4.69) is 25.3 Å². The second-order valence-electron chi connectivity index (χ2n) is 2.16. The number of hydrogen-bond donors (Lipinski definition) is 2. The SMILES string of the molecule is O=C(S)c1ccccc1C(=O)S. The van der Waals surface area contributed by atoms with Gasteiger partial charge >= 0.3 is 0 Å². The lowest BCUT2D eigenvalue weighted by atomic mass is 10.1. The third-order valence-electron chi connectivity index (χ3n) is 1.39. The fraction of sp³-hybridized carbons (Fsp3) is 0. The van der Waals surface area contributed by atoms with E-state index < -0.39 is 10.2 Å². The standard InChI is InChI=1S/C8H6O2S2/c9-7(11)5-3-1-2-4-6(5)8(10)12/h1-4H,(H,9,11)(H,10,12). The lowest BCUT2D eigenvalue weighted by Crippen LogP contribution is -1.99. The van der Waals surface area contributed by atoms with Crippen LogP contribution in [0.25, 0.3) is 0 Å².